The van der Waals surface area contributed by atoms with Gasteiger partial charge in [-0.3, -0.25) is 53.0 Å². The number of likely N-dealkylation sites (tertiary alicyclic amines) is 2. The van der Waals surface area contributed by atoms with Gasteiger partial charge in [0.15, 0.2) is 0 Å². The Bertz CT molecular complexity index is 2650. The molecule has 24 heteroatoms. The maximum atomic E-state index is 14.5. The number of likely N-dealkylation sites (N-methyl/N-ethyl adjacent to an activating group) is 1. The number of aliphatic hydroxyl groups is 1. The van der Waals surface area contributed by atoms with Gasteiger partial charge in [-0.05, 0) is 86.3 Å². The molecule has 4 rings (SSSR count). The smallest absolute Gasteiger partial charge is 0.410 e. The largest absolute Gasteiger partial charge is 0.445 e. The Labute approximate surface area is 530 Å². The van der Waals surface area contributed by atoms with Crippen LogP contribution in [0.25, 0.3) is 0 Å². The third kappa shape index (κ3) is 22.1. The minimum Gasteiger partial charge on any atom is -0.445 e. The van der Waals surface area contributed by atoms with Crippen LogP contribution >= 0.6 is 11.8 Å². The number of hydrogen-bond acceptors (Lipinski definition) is 15. The first-order valence-corrected chi connectivity index (χ1v) is 32.8. The number of ether oxygens (including phenoxy) is 3. The fraction of sp³-hybridized carbons (Fsp3) is 0.662. The molecule has 89 heavy (non-hydrogen) atoms. The first kappa shape index (κ1) is 74.8. The molecule has 0 saturated carbocycles. The molecule has 0 radical (unpaired) electrons. The molecule has 6 N–H and O–H groups in total. The number of anilines is 1. The van der Waals surface area contributed by atoms with Crippen LogP contribution in [0.5, 0.6) is 0 Å². The number of carbonyl (C=O) groups is 10. The summed E-state index contributed by atoms with van der Waals surface area (Å²) in [5, 5.41) is 24.4. The molecule has 2 unspecified atom stereocenters. The van der Waals surface area contributed by atoms with Gasteiger partial charge in [0, 0.05) is 59.4 Å². The average Bonchev–Trinajstić information content (AvgIpc) is 4.30. The molecule has 2 heterocycles. The lowest BCUT2D eigenvalue weighted by atomic mass is 9.89. The van der Waals surface area contributed by atoms with Crippen molar-refractivity contribution in [2.45, 2.75) is 193 Å². The summed E-state index contributed by atoms with van der Waals surface area (Å²) in [5.41, 5.74) is 1.66. The number of carbonyl (C=O) groups excluding carboxylic acids is 10. The number of nitrogens with zero attached hydrogens (tertiary/aromatic N) is 4. The molecule has 23 nitrogen and oxygen atoms in total. The van der Waals surface area contributed by atoms with Crippen LogP contribution in [0.1, 0.15) is 150 Å². The second-order valence-electron chi connectivity index (χ2n) is 24.2. The van der Waals surface area contributed by atoms with Gasteiger partial charge in [0.2, 0.25) is 53.2 Å². The van der Waals surface area contributed by atoms with E-state index in [4.69, 9.17) is 14.2 Å². The van der Waals surface area contributed by atoms with Crippen LogP contribution in [-0.4, -0.2) is 192 Å². The highest BCUT2D eigenvalue weighted by Gasteiger charge is 2.43. The molecule has 496 valence electrons. The van der Waals surface area contributed by atoms with E-state index in [2.05, 4.69) is 26.6 Å². The van der Waals surface area contributed by atoms with Crippen molar-refractivity contribution in [3.63, 3.8) is 0 Å². The Morgan fingerprint density at radius 3 is 2.06 bits per heavy atom. The van der Waals surface area contributed by atoms with Crippen molar-refractivity contribution in [2.24, 2.45) is 23.7 Å². The Hall–Kier alpha value is -6.63. The molecule has 2 saturated heterocycles. The van der Waals surface area contributed by atoms with E-state index in [1.54, 1.807) is 94.0 Å². The second-order valence-corrected chi connectivity index (χ2v) is 25.2. The molecular formula is C65H101N9O14S. The number of unbranched alkanes of at least 4 members (excludes halogenated alkanes) is 3. The van der Waals surface area contributed by atoms with Crippen molar-refractivity contribution in [2.75, 3.05) is 65.6 Å². The normalized spacial score (nSPS) is 18.0. The standard InChI is InChI=1S/C65H101N9O14S/c1-14-16-32-73(58(42(7)15-2)49(86-11)35-53(77)72-34-23-26-48(72)60(87-12)43(8)61(81)68-44(9)59(80)46-24-19-17-20-25-46)55(79)38-67-63(83)57(41(5)6)71(10)65(85)88-39-45-28-30-47(31-29-45)69-52(76)37-66-62(82)56(40(3)4)70-51(75)27-21-18-22-33-74-54(78)36-50(89-13)64(74)84/h17,19-20,24-25,28-31,40-44,48-50,56-60,80H,14-16,18,21-23,26-27,32-39H2,1-13H3,(H,66,82)(H,67,83)(H,68,81)(H,69,76)(H,70,75)/t42-,43+,44+,48-,49+,50?,56-,57?,58-,59+,60+/m0/s1. The topological polar surface area (TPSA) is 292 Å². The van der Waals surface area contributed by atoms with Crippen molar-refractivity contribution < 1.29 is 67.3 Å². The molecule has 0 aromatic heterocycles. The fourth-order valence-electron chi connectivity index (χ4n) is 11.6. The van der Waals surface area contributed by atoms with Crippen molar-refractivity contribution in [3.8, 4) is 0 Å². The van der Waals surface area contributed by atoms with E-state index in [0.717, 1.165) is 6.42 Å². The van der Waals surface area contributed by atoms with Crippen LogP contribution in [0.4, 0.5) is 10.5 Å². The molecule has 2 aliphatic heterocycles. The third-order valence-electron chi connectivity index (χ3n) is 17.0. The Morgan fingerprint density at radius 2 is 1.46 bits per heavy atom. The number of methoxy groups -OCH3 is 2. The number of rotatable bonds is 37. The highest BCUT2D eigenvalue weighted by atomic mass is 32.2. The number of hydrogen-bond donors (Lipinski definition) is 6. The Morgan fingerprint density at radius 1 is 0.787 bits per heavy atom. The molecule has 0 spiro atoms. The Balaban J connectivity index is 1.29. The lowest BCUT2D eigenvalue weighted by Gasteiger charge is -2.41. The van der Waals surface area contributed by atoms with E-state index < -0.39 is 84.2 Å². The molecule has 2 fully saturated rings. The predicted octanol–water partition coefficient (Wildman–Crippen LogP) is 5.97. The summed E-state index contributed by atoms with van der Waals surface area (Å²) in [7, 11) is 4.49. The SMILES string of the molecule is CCCCN(C(=O)CNC(=O)C(C(C)C)N(C)C(=O)OCc1ccc(NC(=O)CNC(=O)[C@@H](NC(=O)CCCCCN2C(=O)CC(SC)C2=O)C(C)C)cc1)[C@@H]([C@@H](C)CC)[C@@H](CC(=O)N1CCC[C@H]1[C@H](OC)[C@@H](C)C(=O)N[C@H](C)[C@@H](O)c1ccccc1)OC. The van der Waals surface area contributed by atoms with E-state index in [1.165, 1.54) is 42.8 Å². The third-order valence-corrected chi connectivity index (χ3v) is 17.9. The molecule has 2 aliphatic rings. The van der Waals surface area contributed by atoms with Crippen LogP contribution in [0, 0.1) is 23.7 Å². The summed E-state index contributed by atoms with van der Waals surface area (Å²) in [6.07, 6.45) is 4.05. The lowest BCUT2D eigenvalue weighted by molar-refractivity contribution is -0.147. The van der Waals surface area contributed by atoms with Crippen molar-refractivity contribution >= 4 is 76.7 Å². The molecular weight excluding hydrogens is 1160 g/mol. The van der Waals surface area contributed by atoms with Gasteiger partial charge in [-0.2, -0.15) is 11.8 Å². The number of aliphatic hydroxyl groups excluding tert-OH is 1. The van der Waals surface area contributed by atoms with E-state index >= 15 is 0 Å². The van der Waals surface area contributed by atoms with Crippen LogP contribution in [0.3, 0.4) is 0 Å². The zero-order chi connectivity index (χ0) is 66.1. The summed E-state index contributed by atoms with van der Waals surface area (Å²) in [6, 6.07) is 12.1. The van der Waals surface area contributed by atoms with E-state index in [-0.39, 0.29) is 91.5 Å². The van der Waals surface area contributed by atoms with E-state index in [1.807, 2.05) is 39.0 Å². The number of thioether (sulfide) groups is 1. The second kappa shape index (κ2) is 37.5. The summed E-state index contributed by atoms with van der Waals surface area (Å²) in [4.78, 5) is 139. The predicted molar refractivity (Wildman–Crippen MR) is 341 cm³/mol. The lowest BCUT2D eigenvalue weighted by Crippen LogP contribution is -2.57. The van der Waals surface area contributed by atoms with Crippen LogP contribution < -0.4 is 26.6 Å². The number of nitrogens with one attached hydrogen (secondary N) is 5. The average molecular weight is 1260 g/mol. The van der Waals surface area contributed by atoms with Crippen LogP contribution in [-0.2, 0) is 64.0 Å². The summed E-state index contributed by atoms with van der Waals surface area (Å²) in [6.45, 7) is 16.8. The maximum Gasteiger partial charge on any atom is 0.410 e. The molecule has 2 aromatic carbocycles. The Kier molecular flexibility index (Phi) is 31.5. The quantitative estimate of drug-likeness (QED) is 0.0336. The molecule has 0 bridgehead atoms. The fourth-order valence-corrected chi connectivity index (χ4v) is 12.2. The molecule has 0 aliphatic carbocycles. The van der Waals surface area contributed by atoms with Gasteiger partial charge >= 0.3 is 6.09 Å². The minimum absolute atomic E-state index is 0.0588. The van der Waals surface area contributed by atoms with Crippen molar-refractivity contribution in [3.05, 3.63) is 65.7 Å². The van der Waals surface area contributed by atoms with Gasteiger partial charge < -0.3 is 55.7 Å². The maximum absolute atomic E-state index is 14.5. The van der Waals surface area contributed by atoms with Gasteiger partial charge in [-0.1, -0.05) is 117 Å². The van der Waals surface area contributed by atoms with Gasteiger partial charge in [-0.25, -0.2) is 4.79 Å². The van der Waals surface area contributed by atoms with Gasteiger partial charge in [-0.15, -0.1) is 0 Å². The summed E-state index contributed by atoms with van der Waals surface area (Å²) < 4.78 is 17.7. The van der Waals surface area contributed by atoms with Gasteiger partial charge in [0.25, 0.3) is 0 Å². The molecule has 2 aromatic rings. The summed E-state index contributed by atoms with van der Waals surface area (Å²) >= 11 is 1.36. The molecule has 10 amide bonds. The van der Waals surface area contributed by atoms with Crippen molar-refractivity contribution in [1.82, 2.24) is 40.9 Å². The number of benzene rings is 2. The van der Waals surface area contributed by atoms with Crippen LogP contribution in [0.2, 0.25) is 0 Å². The van der Waals surface area contributed by atoms with E-state index in [0.29, 0.717) is 81.4 Å². The first-order chi connectivity index (χ1) is 42.3. The number of amides is 10. The number of imide groups is 1. The zero-order valence-electron chi connectivity index (χ0n) is 54.7. The van der Waals surface area contributed by atoms with Gasteiger partial charge in [0.1, 0.15) is 18.7 Å². The highest BCUT2D eigenvalue weighted by molar-refractivity contribution is 8.00. The minimum atomic E-state index is -1.03. The molecule has 11 atom stereocenters. The summed E-state index contributed by atoms with van der Waals surface area (Å²) in [5.74, 6) is -4.67. The monoisotopic (exact) mass is 1260 g/mol. The van der Waals surface area contributed by atoms with Crippen LogP contribution in [0.15, 0.2) is 54.6 Å². The van der Waals surface area contributed by atoms with Gasteiger partial charge in [0.05, 0.1) is 67.1 Å². The highest BCUT2D eigenvalue weighted by Crippen LogP contribution is 2.31. The van der Waals surface area contributed by atoms with Crippen molar-refractivity contribution in [1.29, 1.82) is 0 Å². The van der Waals surface area contributed by atoms with E-state index in [9.17, 15) is 53.1 Å². The first-order valence-electron chi connectivity index (χ1n) is 31.5. The zero-order valence-corrected chi connectivity index (χ0v) is 55.5.